The fourth-order valence-corrected chi connectivity index (χ4v) is 5.57. The largest absolute Gasteiger partial charge is 0.503 e. The Balaban J connectivity index is 1.53. The summed E-state index contributed by atoms with van der Waals surface area (Å²) in [7, 11) is 0. The molecule has 1 atom stereocenters. The average molecular weight is 540 g/mol. The van der Waals surface area contributed by atoms with Gasteiger partial charge in [0, 0.05) is 23.6 Å². The Hall–Kier alpha value is -4.63. The molecule has 2 aromatic carbocycles. The molecule has 0 bridgehead atoms. The van der Waals surface area contributed by atoms with Crippen LogP contribution in [0, 0.1) is 6.92 Å². The summed E-state index contributed by atoms with van der Waals surface area (Å²) in [4.78, 5) is 49.8. The number of aliphatic hydroxyl groups is 1. The molecule has 0 aliphatic carbocycles. The van der Waals surface area contributed by atoms with Gasteiger partial charge in [-0.2, -0.15) is 0 Å². The maximum absolute atomic E-state index is 14.0. The molecule has 2 aromatic heterocycles. The van der Waals surface area contributed by atoms with Crippen molar-refractivity contribution < 1.29 is 24.2 Å². The zero-order valence-electron chi connectivity index (χ0n) is 21.3. The number of anilines is 1. The van der Waals surface area contributed by atoms with Gasteiger partial charge in [-0.1, -0.05) is 48.5 Å². The SMILES string of the molecule is CCOC(=O)Cc1ccc(N2C(=O)C(O)=C(C(=O)c3sc(-c4ccccc4)nc3C)C2c2cccnc2)cc1. The predicted molar refractivity (Wildman–Crippen MR) is 148 cm³/mol. The van der Waals surface area contributed by atoms with Crippen LogP contribution >= 0.6 is 11.3 Å². The van der Waals surface area contributed by atoms with Crippen LogP contribution in [0.15, 0.2) is 90.5 Å². The van der Waals surface area contributed by atoms with E-state index in [1.807, 2.05) is 30.3 Å². The highest BCUT2D eigenvalue weighted by atomic mass is 32.1. The third kappa shape index (κ3) is 5.08. The van der Waals surface area contributed by atoms with E-state index in [2.05, 4.69) is 9.97 Å². The number of ketones is 1. The van der Waals surface area contributed by atoms with Gasteiger partial charge >= 0.3 is 5.97 Å². The number of hydrogen-bond acceptors (Lipinski definition) is 8. The maximum atomic E-state index is 14.0. The van der Waals surface area contributed by atoms with Gasteiger partial charge in [-0.15, -0.1) is 11.3 Å². The summed E-state index contributed by atoms with van der Waals surface area (Å²) in [6.07, 6.45) is 3.26. The highest BCUT2D eigenvalue weighted by Crippen LogP contribution is 2.43. The molecule has 8 nitrogen and oxygen atoms in total. The van der Waals surface area contributed by atoms with E-state index in [1.165, 1.54) is 16.2 Å². The number of hydrogen-bond donors (Lipinski definition) is 1. The van der Waals surface area contributed by atoms with Crippen LogP contribution in [0.5, 0.6) is 0 Å². The first kappa shape index (κ1) is 26.0. The van der Waals surface area contributed by atoms with Crippen LogP contribution in [0.1, 0.15) is 39.5 Å². The van der Waals surface area contributed by atoms with Crippen LogP contribution in [0.2, 0.25) is 0 Å². The van der Waals surface area contributed by atoms with Crippen molar-refractivity contribution in [3.8, 4) is 10.6 Å². The first-order chi connectivity index (χ1) is 18.9. The van der Waals surface area contributed by atoms with Crippen molar-refractivity contribution >= 4 is 34.7 Å². The lowest BCUT2D eigenvalue weighted by atomic mass is 9.96. The molecule has 5 rings (SSSR count). The molecule has 4 aromatic rings. The van der Waals surface area contributed by atoms with Crippen molar-refractivity contribution in [3.63, 3.8) is 0 Å². The second kappa shape index (κ2) is 11.0. The normalized spacial score (nSPS) is 15.1. The van der Waals surface area contributed by atoms with Gasteiger partial charge in [-0.25, -0.2) is 4.98 Å². The standard InChI is InChI=1S/C30H25N3O5S/c1-3-38-23(34)16-19-11-13-22(14-12-19)33-25(21-10-7-15-31-17-21)24(27(36)30(33)37)26(35)28-18(2)32-29(39-28)20-8-5-4-6-9-20/h4-15,17,25,36H,3,16H2,1-2H3. The minimum absolute atomic E-state index is 0.0324. The molecule has 0 spiro atoms. The topological polar surface area (TPSA) is 110 Å². The third-order valence-electron chi connectivity index (χ3n) is 6.34. The van der Waals surface area contributed by atoms with Crippen molar-refractivity contribution in [2.45, 2.75) is 26.3 Å². The molecule has 1 N–H and O–H groups in total. The Bertz CT molecular complexity index is 1560. The first-order valence-electron chi connectivity index (χ1n) is 12.4. The molecule has 1 aliphatic rings. The van der Waals surface area contributed by atoms with E-state index in [0.29, 0.717) is 39.0 Å². The molecule has 9 heteroatoms. The Labute approximate surface area is 229 Å². The first-order valence-corrected chi connectivity index (χ1v) is 13.2. The number of aromatic nitrogens is 2. The number of esters is 1. The molecule has 3 heterocycles. The number of amides is 1. The van der Waals surface area contributed by atoms with Gasteiger partial charge < -0.3 is 9.84 Å². The Morgan fingerprint density at radius 2 is 1.79 bits per heavy atom. The van der Waals surface area contributed by atoms with Crippen molar-refractivity contribution in [1.29, 1.82) is 0 Å². The number of carbonyl (C=O) groups is 3. The number of aryl methyl sites for hydroxylation is 1. The Morgan fingerprint density at radius 3 is 2.46 bits per heavy atom. The monoisotopic (exact) mass is 539 g/mol. The Kier molecular flexibility index (Phi) is 7.33. The number of aliphatic hydroxyl groups excluding tert-OH is 1. The molecule has 1 unspecified atom stereocenters. The number of nitrogens with zero attached hydrogens (tertiary/aromatic N) is 3. The number of benzene rings is 2. The maximum Gasteiger partial charge on any atom is 0.310 e. The predicted octanol–water partition coefficient (Wildman–Crippen LogP) is 5.40. The van der Waals surface area contributed by atoms with E-state index in [-0.39, 0.29) is 18.0 Å². The van der Waals surface area contributed by atoms with Gasteiger partial charge in [-0.3, -0.25) is 24.3 Å². The third-order valence-corrected chi connectivity index (χ3v) is 7.55. The number of Topliss-reactive ketones (excluding diaryl/α,β-unsaturated/α-hetero) is 1. The zero-order chi connectivity index (χ0) is 27.5. The summed E-state index contributed by atoms with van der Waals surface area (Å²) in [6, 6.07) is 18.9. The van der Waals surface area contributed by atoms with Gasteiger partial charge in [0.15, 0.2) is 5.76 Å². The zero-order valence-corrected chi connectivity index (χ0v) is 22.1. The lowest BCUT2D eigenvalue weighted by Gasteiger charge is -2.26. The fourth-order valence-electron chi connectivity index (χ4n) is 4.54. The fraction of sp³-hybridized carbons (Fsp3) is 0.167. The quantitative estimate of drug-likeness (QED) is 0.236. The number of thiazole rings is 1. The molecule has 0 radical (unpaired) electrons. The summed E-state index contributed by atoms with van der Waals surface area (Å²) in [5, 5.41) is 11.7. The lowest BCUT2D eigenvalue weighted by Crippen LogP contribution is -2.31. The summed E-state index contributed by atoms with van der Waals surface area (Å²) in [6.45, 7) is 3.77. The van der Waals surface area contributed by atoms with E-state index in [0.717, 1.165) is 5.56 Å². The van der Waals surface area contributed by atoms with E-state index < -0.39 is 23.5 Å². The molecule has 196 valence electrons. The van der Waals surface area contributed by atoms with Crippen LogP contribution in [-0.4, -0.2) is 39.3 Å². The molecular formula is C30H25N3O5S. The summed E-state index contributed by atoms with van der Waals surface area (Å²) in [5.74, 6) is -2.12. The molecule has 0 saturated heterocycles. The molecule has 0 fully saturated rings. The van der Waals surface area contributed by atoms with Gasteiger partial charge in [0.1, 0.15) is 5.01 Å². The molecule has 0 saturated carbocycles. The average Bonchev–Trinajstić information content (AvgIpc) is 3.47. The Morgan fingerprint density at radius 1 is 1.05 bits per heavy atom. The number of ether oxygens (including phenoxy) is 1. The second-order valence-electron chi connectivity index (χ2n) is 8.90. The number of pyridine rings is 1. The van der Waals surface area contributed by atoms with Gasteiger partial charge in [0.05, 0.1) is 35.2 Å². The van der Waals surface area contributed by atoms with Crippen molar-refractivity contribution in [3.05, 3.63) is 112 Å². The highest BCUT2D eigenvalue weighted by molar-refractivity contribution is 7.17. The van der Waals surface area contributed by atoms with Crippen LogP contribution in [0.4, 0.5) is 5.69 Å². The minimum Gasteiger partial charge on any atom is -0.503 e. The van der Waals surface area contributed by atoms with Crippen LogP contribution in [-0.2, 0) is 20.7 Å². The summed E-state index contributed by atoms with van der Waals surface area (Å²) in [5.41, 5.74) is 3.10. The number of rotatable bonds is 8. The van der Waals surface area contributed by atoms with Gasteiger partial charge in [0.2, 0.25) is 5.78 Å². The molecule has 1 amide bonds. The van der Waals surface area contributed by atoms with Crippen LogP contribution < -0.4 is 4.90 Å². The van der Waals surface area contributed by atoms with Gasteiger partial charge in [0.25, 0.3) is 5.91 Å². The summed E-state index contributed by atoms with van der Waals surface area (Å²) < 4.78 is 5.01. The minimum atomic E-state index is -0.906. The lowest BCUT2D eigenvalue weighted by molar-refractivity contribution is -0.142. The van der Waals surface area contributed by atoms with E-state index in [9.17, 15) is 19.5 Å². The molecular weight excluding hydrogens is 514 g/mol. The van der Waals surface area contributed by atoms with E-state index in [4.69, 9.17) is 4.74 Å². The van der Waals surface area contributed by atoms with Gasteiger partial charge in [-0.05, 0) is 43.2 Å². The molecule has 1 aliphatic heterocycles. The number of carbonyl (C=O) groups excluding carboxylic acids is 3. The van der Waals surface area contributed by atoms with E-state index in [1.54, 1.807) is 62.6 Å². The summed E-state index contributed by atoms with van der Waals surface area (Å²) >= 11 is 1.22. The van der Waals surface area contributed by atoms with Crippen LogP contribution in [0.3, 0.4) is 0 Å². The van der Waals surface area contributed by atoms with Crippen LogP contribution in [0.25, 0.3) is 10.6 Å². The van der Waals surface area contributed by atoms with Crippen molar-refractivity contribution in [1.82, 2.24) is 9.97 Å². The highest BCUT2D eigenvalue weighted by Gasteiger charge is 2.45. The second-order valence-corrected chi connectivity index (χ2v) is 9.90. The van der Waals surface area contributed by atoms with Crippen molar-refractivity contribution in [2.75, 3.05) is 11.5 Å². The van der Waals surface area contributed by atoms with Crippen molar-refractivity contribution in [2.24, 2.45) is 0 Å². The smallest absolute Gasteiger partial charge is 0.310 e. The molecule has 39 heavy (non-hydrogen) atoms. The van der Waals surface area contributed by atoms with E-state index >= 15 is 0 Å².